The van der Waals surface area contributed by atoms with Crippen molar-refractivity contribution in [1.82, 2.24) is 9.55 Å². The van der Waals surface area contributed by atoms with Gasteiger partial charge < -0.3 is 9.30 Å². The fourth-order valence-electron chi connectivity index (χ4n) is 2.09. The molecule has 0 spiro atoms. The van der Waals surface area contributed by atoms with E-state index in [-0.39, 0.29) is 5.82 Å². The van der Waals surface area contributed by atoms with Crippen molar-refractivity contribution in [2.75, 3.05) is 7.11 Å². The van der Waals surface area contributed by atoms with Gasteiger partial charge in [0.25, 0.3) is 0 Å². The molecule has 2 aromatic carbocycles. The number of hydrogen-bond acceptors (Lipinski definition) is 2. The number of fused-ring (bicyclic) bond motifs is 1. The topological polar surface area (TPSA) is 27.1 Å². The SMILES string of the molecule is COc1ccc(Cn2cnc3cc(F)ccc32)cc1. The van der Waals surface area contributed by atoms with Gasteiger partial charge >= 0.3 is 0 Å². The van der Waals surface area contributed by atoms with Crippen molar-refractivity contribution in [2.45, 2.75) is 6.54 Å². The molecule has 96 valence electrons. The lowest BCUT2D eigenvalue weighted by atomic mass is 10.2. The van der Waals surface area contributed by atoms with E-state index in [1.165, 1.54) is 12.1 Å². The van der Waals surface area contributed by atoms with Crippen molar-refractivity contribution in [3.05, 3.63) is 60.2 Å². The van der Waals surface area contributed by atoms with Crippen LogP contribution in [0, 0.1) is 5.82 Å². The molecule has 3 rings (SSSR count). The van der Waals surface area contributed by atoms with Crippen LogP contribution in [-0.2, 0) is 6.54 Å². The molecule has 1 aromatic heterocycles. The fraction of sp³-hybridized carbons (Fsp3) is 0.133. The largest absolute Gasteiger partial charge is 0.497 e. The average Bonchev–Trinajstić information content (AvgIpc) is 2.82. The van der Waals surface area contributed by atoms with Crippen LogP contribution in [0.25, 0.3) is 11.0 Å². The van der Waals surface area contributed by atoms with Crippen molar-refractivity contribution < 1.29 is 9.13 Å². The van der Waals surface area contributed by atoms with E-state index in [1.54, 1.807) is 19.5 Å². The van der Waals surface area contributed by atoms with Crippen LogP contribution in [0.3, 0.4) is 0 Å². The maximum Gasteiger partial charge on any atom is 0.125 e. The van der Waals surface area contributed by atoms with Crippen molar-refractivity contribution in [3.63, 3.8) is 0 Å². The standard InChI is InChI=1S/C15H13FN2O/c1-19-13-5-2-11(3-6-13)9-18-10-17-14-8-12(16)4-7-15(14)18/h2-8,10H,9H2,1H3. The summed E-state index contributed by atoms with van der Waals surface area (Å²) in [5.41, 5.74) is 2.75. The Balaban J connectivity index is 1.92. The van der Waals surface area contributed by atoms with E-state index in [9.17, 15) is 4.39 Å². The van der Waals surface area contributed by atoms with Gasteiger partial charge in [-0.2, -0.15) is 0 Å². The molecule has 0 N–H and O–H groups in total. The van der Waals surface area contributed by atoms with Crippen molar-refractivity contribution >= 4 is 11.0 Å². The molecule has 0 radical (unpaired) electrons. The quantitative estimate of drug-likeness (QED) is 0.719. The average molecular weight is 256 g/mol. The van der Waals surface area contributed by atoms with Crippen molar-refractivity contribution in [1.29, 1.82) is 0 Å². The summed E-state index contributed by atoms with van der Waals surface area (Å²) in [6.07, 6.45) is 1.73. The van der Waals surface area contributed by atoms with Gasteiger partial charge in [0, 0.05) is 12.6 Å². The monoisotopic (exact) mass is 256 g/mol. The minimum atomic E-state index is -0.262. The van der Waals surface area contributed by atoms with E-state index in [1.807, 2.05) is 28.8 Å². The molecule has 0 aliphatic rings. The van der Waals surface area contributed by atoms with E-state index in [0.29, 0.717) is 12.1 Å². The summed E-state index contributed by atoms with van der Waals surface area (Å²) in [6, 6.07) is 12.5. The van der Waals surface area contributed by atoms with E-state index < -0.39 is 0 Å². The Hall–Kier alpha value is -2.36. The minimum absolute atomic E-state index is 0.262. The number of halogens is 1. The molecular formula is C15H13FN2O. The lowest BCUT2D eigenvalue weighted by Crippen LogP contribution is -1.97. The highest BCUT2D eigenvalue weighted by atomic mass is 19.1. The molecule has 0 amide bonds. The normalized spacial score (nSPS) is 10.8. The molecule has 3 aromatic rings. The molecule has 0 aliphatic carbocycles. The van der Waals surface area contributed by atoms with Crippen LogP contribution in [0.2, 0.25) is 0 Å². The van der Waals surface area contributed by atoms with Crippen molar-refractivity contribution in [2.24, 2.45) is 0 Å². The number of hydrogen-bond donors (Lipinski definition) is 0. The Morgan fingerprint density at radius 2 is 1.95 bits per heavy atom. The van der Waals surface area contributed by atoms with Crippen LogP contribution in [0.4, 0.5) is 4.39 Å². The van der Waals surface area contributed by atoms with Crippen LogP contribution < -0.4 is 4.74 Å². The number of ether oxygens (including phenoxy) is 1. The Labute approximate surface area is 110 Å². The smallest absolute Gasteiger partial charge is 0.125 e. The summed E-state index contributed by atoms with van der Waals surface area (Å²) < 4.78 is 20.2. The summed E-state index contributed by atoms with van der Waals surface area (Å²) in [5.74, 6) is 0.573. The molecule has 4 heteroatoms. The first kappa shape index (κ1) is 11.7. The zero-order chi connectivity index (χ0) is 13.2. The van der Waals surface area contributed by atoms with E-state index >= 15 is 0 Å². The van der Waals surface area contributed by atoms with Gasteiger partial charge in [-0.25, -0.2) is 9.37 Å². The molecule has 0 aliphatic heterocycles. The lowest BCUT2D eigenvalue weighted by molar-refractivity contribution is 0.414. The third kappa shape index (κ3) is 2.29. The van der Waals surface area contributed by atoms with Crippen LogP contribution in [0.1, 0.15) is 5.56 Å². The molecule has 1 heterocycles. The van der Waals surface area contributed by atoms with Crippen molar-refractivity contribution in [3.8, 4) is 5.75 Å². The van der Waals surface area contributed by atoms with Crippen LogP contribution >= 0.6 is 0 Å². The number of aromatic nitrogens is 2. The first-order chi connectivity index (χ1) is 9.26. The highest BCUT2D eigenvalue weighted by Crippen LogP contribution is 2.17. The third-order valence-electron chi connectivity index (χ3n) is 3.10. The van der Waals surface area contributed by atoms with Gasteiger partial charge in [-0.3, -0.25) is 0 Å². The zero-order valence-corrected chi connectivity index (χ0v) is 10.5. The van der Waals surface area contributed by atoms with E-state index in [2.05, 4.69) is 4.98 Å². The summed E-state index contributed by atoms with van der Waals surface area (Å²) >= 11 is 0. The third-order valence-corrected chi connectivity index (χ3v) is 3.10. The second-order valence-electron chi connectivity index (χ2n) is 4.35. The van der Waals surface area contributed by atoms with E-state index in [4.69, 9.17) is 4.74 Å². The Bertz CT molecular complexity index is 704. The van der Waals surface area contributed by atoms with Gasteiger partial charge in [0.2, 0.25) is 0 Å². The molecule has 19 heavy (non-hydrogen) atoms. The highest BCUT2D eigenvalue weighted by molar-refractivity contribution is 5.75. The maximum atomic E-state index is 13.1. The van der Waals surface area contributed by atoms with Gasteiger partial charge in [0.05, 0.1) is 24.5 Å². The van der Waals surface area contributed by atoms with Gasteiger partial charge in [0.15, 0.2) is 0 Å². The molecule has 0 bridgehead atoms. The molecule has 0 unspecified atom stereocenters. The summed E-state index contributed by atoms with van der Waals surface area (Å²) in [4.78, 5) is 4.21. The zero-order valence-electron chi connectivity index (χ0n) is 10.5. The summed E-state index contributed by atoms with van der Waals surface area (Å²) in [5, 5.41) is 0. The predicted octanol–water partition coefficient (Wildman–Crippen LogP) is 3.23. The molecule has 0 saturated carbocycles. The fourth-order valence-corrected chi connectivity index (χ4v) is 2.09. The molecule has 0 saturated heterocycles. The number of rotatable bonds is 3. The molecule has 0 fully saturated rings. The molecule has 0 atom stereocenters. The second kappa shape index (κ2) is 4.72. The van der Waals surface area contributed by atoms with Crippen LogP contribution in [0.15, 0.2) is 48.8 Å². The Kier molecular flexibility index (Phi) is 2.91. The Morgan fingerprint density at radius 1 is 1.16 bits per heavy atom. The number of imidazole rings is 1. The van der Waals surface area contributed by atoms with Gasteiger partial charge in [-0.15, -0.1) is 0 Å². The summed E-state index contributed by atoms with van der Waals surface area (Å²) in [7, 11) is 1.65. The van der Waals surface area contributed by atoms with Gasteiger partial charge in [-0.05, 0) is 29.8 Å². The lowest BCUT2D eigenvalue weighted by Gasteiger charge is -2.06. The van der Waals surface area contributed by atoms with Gasteiger partial charge in [0.1, 0.15) is 11.6 Å². The molecule has 3 nitrogen and oxygen atoms in total. The van der Waals surface area contributed by atoms with Crippen LogP contribution in [0.5, 0.6) is 5.75 Å². The molecular weight excluding hydrogens is 243 g/mol. The van der Waals surface area contributed by atoms with E-state index in [0.717, 1.165) is 16.8 Å². The maximum absolute atomic E-state index is 13.1. The highest BCUT2D eigenvalue weighted by Gasteiger charge is 2.04. The first-order valence-corrected chi connectivity index (χ1v) is 5.99. The number of nitrogens with zero attached hydrogens (tertiary/aromatic N) is 2. The second-order valence-corrected chi connectivity index (χ2v) is 4.35. The number of methoxy groups -OCH3 is 1. The number of benzene rings is 2. The first-order valence-electron chi connectivity index (χ1n) is 5.99. The Morgan fingerprint density at radius 3 is 2.68 bits per heavy atom. The summed E-state index contributed by atoms with van der Waals surface area (Å²) in [6.45, 7) is 0.701. The minimum Gasteiger partial charge on any atom is -0.497 e. The van der Waals surface area contributed by atoms with Gasteiger partial charge in [-0.1, -0.05) is 12.1 Å². The predicted molar refractivity (Wildman–Crippen MR) is 71.8 cm³/mol. The van der Waals surface area contributed by atoms with Crippen LogP contribution in [-0.4, -0.2) is 16.7 Å².